The van der Waals surface area contributed by atoms with E-state index in [1.54, 1.807) is 24.5 Å². The summed E-state index contributed by atoms with van der Waals surface area (Å²) in [6.07, 6.45) is -0.886. The van der Waals surface area contributed by atoms with Crippen molar-refractivity contribution in [1.29, 1.82) is 0 Å². The fourth-order valence-electron chi connectivity index (χ4n) is 6.30. The van der Waals surface area contributed by atoms with Gasteiger partial charge < -0.3 is 40.9 Å². The molecule has 2 aliphatic heterocycles. The molecule has 15 heteroatoms. The number of carboxylic acid groups (broad SMARTS) is 1. The van der Waals surface area contributed by atoms with Gasteiger partial charge in [-0.25, -0.2) is 14.6 Å². The number of anilines is 3. The molecule has 0 bridgehead atoms. The number of fused-ring (bicyclic) bond motifs is 1. The summed E-state index contributed by atoms with van der Waals surface area (Å²) in [5.74, 6) is -0.674. The number of nitrogens with one attached hydrogen (secondary N) is 3. The first-order valence-electron chi connectivity index (χ1n) is 15.9. The molecule has 5 aromatic rings. The van der Waals surface area contributed by atoms with Gasteiger partial charge in [0.2, 0.25) is 5.95 Å². The standard InChI is InChI=1S/C34H35N9O6/c44-26-27(45)31(49-28(26)32(46)47)43-19-37-25-29(36-17-24(20-8-3-1-4-9-20)21-10-5-2-6-11-21)40-33(41-30(25)43)42-15-13-23(18-42)39-34(48)38-22-12-7-14-35-16-22/h1-12,14,16,19,23-24,26-28,31,44-45H,13,15,17-18H2,(H,46,47)(H,36,40,41)(H2,38,39,48)/t23-,26+,27-,28+,31-/m1/s1. The first-order valence-corrected chi connectivity index (χ1v) is 15.9. The van der Waals surface area contributed by atoms with Crippen LogP contribution in [0.4, 0.5) is 22.2 Å². The van der Waals surface area contributed by atoms with Crippen molar-refractivity contribution >= 4 is 40.6 Å². The number of carboxylic acids is 1. The topological polar surface area (TPSA) is 200 Å². The van der Waals surface area contributed by atoms with Crippen LogP contribution in [0.15, 0.2) is 91.5 Å². The van der Waals surface area contributed by atoms with E-state index >= 15 is 0 Å². The summed E-state index contributed by atoms with van der Waals surface area (Å²) in [5, 5.41) is 40.0. The normalized spacial score (nSPS) is 22.0. The molecule has 0 spiro atoms. The second-order valence-corrected chi connectivity index (χ2v) is 12.0. The van der Waals surface area contributed by atoms with Gasteiger partial charge in [-0.1, -0.05) is 60.7 Å². The van der Waals surface area contributed by atoms with Crippen molar-refractivity contribution in [3.63, 3.8) is 0 Å². The highest BCUT2D eigenvalue weighted by Crippen LogP contribution is 2.34. The molecule has 5 atom stereocenters. The minimum atomic E-state index is -1.65. The molecule has 7 rings (SSSR count). The first kappa shape index (κ1) is 31.9. The van der Waals surface area contributed by atoms with Gasteiger partial charge in [-0.05, 0) is 29.7 Å². The number of aliphatic carboxylic acids is 1. The lowest BCUT2D eigenvalue weighted by Crippen LogP contribution is -2.40. The van der Waals surface area contributed by atoms with Crippen LogP contribution in [0.5, 0.6) is 0 Å². The highest BCUT2D eigenvalue weighted by molar-refractivity contribution is 5.89. The van der Waals surface area contributed by atoms with Crippen LogP contribution >= 0.6 is 0 Å². The van der Waals surface area contributed by atoms with E-state index in [1.165, 1.54) is 10.9 Å². The Bertz CT molecular complexity index is 1870. The summed E-state index contributed by atoms with van der Waals surface area (Å²) in [6, 6.07) is 23.1. The van der Waals surface area contributed by atoms with Gasteiger partial charge in [0.15, 0.2) is 29.3 Å². The fourth-order valence-corrected chi connectivity index (χ4v) is 6.30. The molecule has 2 fully saturated rings. The molecule has 6 N–H and O–H groups in total. The number of aromatic nitrogens is 5. The average molecular weight is 666 g/mol. The number of carbonyl (C=O) groups excluding carboxylic acids is 1. The smallest absolute Gasteiger partial charge is 0.335 e. The fraction of sp³-hybridized carbons (Fsp3) is 0.294. The number of benzene rings is 2. The van der Waals surface area contributed by atoms with E-state index in [0.29, 0.717) is 49.0 Å². The van der Waals surface area contributed by atoms with Crippen molar-refractivity contribution in [3.05, 3.63) is 103 Å². The van der Waals surface area contributed by atoms with Crippen molar-refractivity contribution in [2.45, 2.75) is 42.9 Å². The molecule has 0 unspecified atom stereocenters. The van der Waals surface area contributed by atoms with Crippen molar-refractivity contribution in [2.75, 3.05) is 35.2 Å². The highest BCUT2D eigenvalue weighted by atomic mass is 16.6. The Kier molecular flexibility index (Phi) is 9.02. The minimum absolute atomic E-state index is 0.0388. The van der Waals surface area contributed by atoms with E-state index in [2.05, 4.69) is 50.2 Å². The molecule has 0 radical (unpaired) electrons. The molecule has 252 valence electrons. The third-order valence-electron chi connectivity index (χ3n) is 8.77. The zero-order valence-corrected chi connectivity index (χ0v) is 26.2. The van der Waals surface area contributed by atoms with Crippen LogP contribution in [0.2, 0.25) is 0 Å². The van der Waals surface area contributed by atoms with Crippen molar-refractivity contribution < 1.29 is 29.6 Å². The summed E-state index contributed by atoms with van der Waals surface area (Å²) in [5.41, 5.74) is 3.43. The Hall–Kier alpha value is -5.64. The van der Waals surface area contributed by atoms with Gasteiger partial charge in [-0.15, -0.1) is 0 Å². The maximum absolute atomic E-state index is 12.7. The van der Waals surface area contributed by atoms with Crippen molar-refractivity contribution in [2.24, 2.45) is 0 Å². The zero-order chi connectivity index (χ0) is 33.9. The zero-order valence-electron chi connectivity index (χ0n) is 26.2. The van der Waals surface area contributed by atoms with Crippen LogP contribution in [-0.4, -0.2) is 95.8 Å². The molecule has 2 aliphatic rings. The maximum Gasteiger partial charge on any atom is 0.335 e. The predicted molar refractivity (Wildman–Crippen MR) is 179 cm³/mol. The second-order valence-electron chi connectivity index (χ2n) is 12.0. The van der Waals surface area contributed by atoms with Gasteiger partial charge in [-0.3, -0.25) is 9.55 Å². The number of nitrogens with zero attached hydrogens (tertiary/aromatic N) is 6. The Morgan fingerprint density at radius 2 is 1.69 bits per heavy atom. The number of carbonyl (C=O) groups is 2. The average Bonchev–Trinajstić information content (AvgIpc) is 3.84. The Labute approximate surface area is 280 Å². The van der Waals surface area contributed by atoms with Crippen molar-refractivity contribution in [1.82, 2.24) is 29.8 Å². The molecular formula is C34H35N9O6. The number of urea groups is 1. The molecule has 2 aromatic carbocycles. The number of hydrogen-bond acceptors (Lipinski definition) is 11. The Balaban J connectivity index is 1.19. The molecular weight excluding hydrogens is 630 g/mol. The first-order chi connectivity index (χ1) is 23.9. The molecule has 2 amide bonds. The summed E-state index contributed by atoms with van der Waals surface area (Å²) in [7, 11) is 0. The number of pyridine rings is 1. The van der Waals surface area contributed by atoms with Gasteiger partial charge in [0.25, 0.3) is 0 Å². The molecule has 2 saturated heterocycles. The van der Waals surface area contributed by atoms with Gasteiger partial charge in [-0.2, -0.15) is 9.97 Å². The molecule has 15 nitrogen and oxygen atoms in total. The second kappa shape index (κ2) is 13.8. The van der Waals surface area contributed by atoms with Crippen LogP contribution in [-0.2, 0) is 9.53 Å². The van der Waals surface area contributed by atoms with E-state index in [0.717, 1.165) is 11.1 Å². The number of imidazole rings is 1. The summed E-state index contributed by atoms with van der Waals surface area (Å²) in [6.45, 7) is 1.40. The molecule has 5 heterocycles. The van der Waals surface area contributed by atoms with Crippen LogP contribution < -0.4 is 20.9 Å². The van der Waals surface area contributed by atoms with Crippen LogP contribution in [0.3, 0.4) is 0 Å². The molecule has 3 aromatic heterocycles. The summed E-state index contributed by atoms with van der Waals surface area (Å²) in [4.78, 5) is 44.6. The van der Waals surface area contributed by atoms with E-state index in [-0.39, 0.29) is 23.6 Å². The van der Waals surface area contributed by atoms with Crippen LogP contribution in [0, 0.1) is 0 Å². The van der Waals surface area contributed by atoms with Crippen LogP contribution in [0.1, 0.15) is 29.7 Å². The lowest BCUT2D eigenvalue weighted by molar-refractivity contribution is -0.155. The highest BCUT2D eigenvalue weighted by Gasteiger charge is 2.48. The van der Waals surface area contributed by atoms with E-state index in [4.69, 9.17) is 14.7 Å². The molecule has 0 aliphatic carbocycles. The van der Waals surface area contributed by atoms with Gasteiger partial charge in [0.1, 0.15) is 12.2 Å². The van der Waals surface area contributed by atoms with Gasteiger partial charge >= 0.3 is 12.0 Å². The van der Waals surface area contributed by atoms with Gasteiger partial charge in [0, 0.05) is 37.8 Å². The largest absolute Gasteiger partial charge is 0.479 e. The lowest BCUT2D eigenvalue weighted by Gasteiger charge is -2.22. The monoisotopic (exact) mass is 665 g/mol. The van der Waals surface area contributed by atoms with E-state index in [1.807, 2.05) is 41.3 Å². The minimum Gasteiger partial charge on any atom is -0.479 e. The van der Waals surface area contributed by atoms with E-state index in [9.17, 15) is 24.9 Å². The van der Waals surface area contributed by atoms with Crippen LogP contribution in [0.25, 0.3) is 11.2 Å². The third-order valence-corrected chi connectivity index (χ3v) is 8.77. The number of hydrogen-bond donors (Lipinski definition) is 6. The van der Waals surface area contributed by atoms with Gasteiger partial charge in [0.05, 0.1) is 18.2 Å². The quantitative estimate of drug-likeness (QED) is 0.128. The third kappa shape index (κ3) is 6.72. The van der Waals surface area contributed by atoms with E-state index < -0.39 is 30.5 Å². The predicted octanol–water partition coefficient (Wildman–Crippen LogP) is 2.57. The number of rotatable bonds is 10. The Morgan fingerprint density at radius 1 is 0.959 bits per heavy atom. The number of amides is 2. The lowest BCUT2D eigenvalue weighted by atomic mass is 9.91. The number of aliphatic hydroxyl groups is 2. The van der Waals surface area contributed by atoms with Crippen molar-refractivity contribution in [3.8, 4) is 0 Å². The maximum atomic E-state index is 12.7. The summed E-state index contributed by atoms with van der Waals surface area (Å²) >= 11 is 0. The SMILES string of the molecule is O=C(Nc1cccnc1)N[C@@H]1CCN(c2nc(NCC(c3ccccc3)c3ccccc3)c3ncn([C@@H]4O[C@H](C(=O)O)[C@@H](O)[C@H]4O)c3n2)C1. The molecule has 49 heavy (non-hydrogen) atoms. The summed E-state index contributed by atoms with van der Waals surface area (Å²) < 4.78 is 7.02. The Morgan fingerprint density at radius 3 is 2.35 bits per heavy atom. The molecule has 0 saturated carbocycles. The number of ether oxygens (including phenoxy) is 1. The number of aliphatic hydroxyl groups excluding tert-OH is 2.